The second-order valence-corrected chi connectivity index (χ2v) is 5.30. The molecule has 0 fully saturated rings. The summed E-state index contributed by atoms with van der Waals surface area (Å²) in [5, 5.41) is 8.22. The van der Waals surface area contributed by atoms with Gasteiger partial charge in [-0.3, -0.25) is 14.9 Å². The highest BCUT2D eigenvalue weighted by Gasteiger charge is 2.08. The molecule has 24 heavy (non-hydrogen) atoms. The third-order valence-corrected chi connectivity index (χ3v) is 3.29. The van der Waals surface area contributed by atoms with Gasteiger partial charge in [0.2, 0.25) is 5.91 Å². The van der Waals surface area contributed by atoms with Crippen molar-refractivity contribution in [1.82, 2.24) is 5.32 Å². The molecule has 0 heterocycles. The molecule has 0 aliphatic carbocycles. The zero-order chi connectivity index (χ0) is 17.5. The number of halogens is 1. The van der Waals surface area contributed by atoms with Crippen molar-refractivity contribution in [1.29, 1.82) is 0 Å². The Morgan fingerprint density at radius 1 is 0.958 bits per heavy atom. The molecule has 2 aromatic rings. The zero-order valence-electron chi connectivity index (χ0n) is 12.9. The maximum atomic E-state index is 12.8. The summed E-state index contributed by atoms with van der Waals surface area (Å²) in [6, 6.07) is 12.0. The highest BCUT2D eigenvalue weighted by molar-refractivity contribution is 7.80. The third-order valence-electron chi connectivity index (χ3n) is 3.08. The Bertz CT molecular complexity index is 745. The number of rotatable bonds is 4. The first-order chi connectivity index (χ1) is 11.5. The van der Waals surface area contributed by atoms with Gasteiger partial charge in [0.15, 0.2) is 5.11 Å². The van der Waals surface area contributed by atoms with E-state index in [0.717, 1.165) is 0 Å². The summed E-state index contributed by atoms with van der Waals surface area (Å²) in [5.74, 6) is -0.917. The fourth-order valence-corrected chi connectivity index (χ4v) is 2.04. The number of nitrogens with one attached hydrogen (secondary N) is 3. The quantitative estimate of drug-likeness (QED) is 0.744. The van der Waals surface area contributed by atoms with Crippen LogP contribution in [0.3, 0.4) is 0 Å². The van der Waals surface area contributed by atoms with E-state index in [4.69, 9.17) is 12.2 Å². The smallest absolute Gasteiger partial charge is 0.257 e. The van der Waals surface area contributed by atoms with Crippen LogP contribution in [0.4, 0.5) is 15.8 Å². The molecule has 0 saturated heterocycles. The van der Waals surface area contributed by atoms with Gasteiger partial charge >= 0.3 is 0 Å². The first kappa shape index (κ1) is 17.6. The van der Waals surface area contributed by atoms with Crippen LogP contribution in [0, 0.1) is 5.82 Å². The van der Waals surface area contributed by atoms with Gasteiger partial charge in [-0.1, -0.05) is 6.92 Å². The molecule has 7 heteroatoms. The van der Waals surface area contributed by atoms with Crippen LogP contribution in [-0.4, -0.2) is 16.9 Å². The van der Waals surface area contributed by atoms with Gasteiger partial charge in [-0.25, -0.2) is 4.39 Å². The first-order valence-corrected chi connectivity index (χ1v) is 7.66. The van der Waals surface area contributed by atoms with Gasteiger partial charge in [-0.2, -0.15) is 0 Å². The average Bonchev–Trinajstić information content (AvgIpc) is 2.57. The average molecular weight is 345 g/mol. The summed E-state index contributed by atoms with van der Waals surface area (Å²) >= 11 is 5.07. The molecule has 0 aromatic heterocycles. The van der Waals surface area contributed by atoms with Crippen LogP contribution in [-0.2, 0) is 4.79 Å². The van der Waals surface area contributed by atoms with Gasteiger partial charge in [0.05, 0.1) is 0 Å². The lowest BCUT2D eigenvalue weighted by atomic mass is 10.2. The van der Waals surface area contributed by atoms with Crippen molar-refractivity contribution in [2.24, 2.45) is 0 Å². The lowest BCUT2D eigenvalue weighted by Crippen LogP contribution is -2.34. The second-order valence-electron chi connectivity index (χ2n) is 4.89. The molecular formula is C17H16FN3O2S. The fraction of sp³-hybridized carbons (Fsp3) is 0.118. The molecule has 0 atom stereocenters. The van der Waals surface area contributed by atoms with Crippen molar-refractivity contribution < 1.29 is 14.0 Å². The van der Waals surface area contributed by atoms with Crippen LogP contribution in [0.15, 0.2) is 48.5 Å². The van der Waals surface area contributed by atoms with Gasteiger partial charge in [-0.15, -0.1) is 0 Å². The van der Waals surface area contributed by atoms with Crippen molar-refractivity contribution in [3.63, 3.8) is 0 Å². The Balaban J connectivity index is 1.91. The van der Waals surface area contributed by atoms with Gasteiger partial charge in [-0.05, 0) is 60.7 Å². The predicted molar refractivity (Wildman–Crippen MR) is 95.4 cm³/mol. The maximum absolute atomic E-state index is 12.8. The van der Waals surface area contributed by atoms with Gasteiger partial charge in [0.1, 0.15) is 5.82 Å². The second kappa shape index (κ2) is 8.16. The molecule has 0 bridgehead atoms. The van der Waals surface area contributed by atoms with Gasteiger partial charge in [0, 0.05) is 23.4 Å². The van der Waals surface area contributed by atoms with E-state index in [9.17, 15) is 14.0 Å². The summed E-state index contributed by atoms with van der Waals surface area (Å²) in [7, 11) is 0. The van der Waals surface area contributed by atoms with Crippen molar-refractivity contribution in [2.45, 2.75) is 13.3 Å². The standard InChI is InChI=1S/C17H16FN3O2S/c1-2-15(22)19-13-7-9-14(10-8-13)20-17(24)21-16(23)11-3-5-12(18)6-4-11/h3-10H,2H2,1H3,(H,19,22)(H2,20,21,23,24). The lowest BCUT2D eigenvalue weighted by Gasteiger charge is -2.10. The minimum absolute atomic E-state index is 0.0715. The Hall–Kier alpha value is -2.80. The molecule has 5 nitrogen and oxygen atoms in total. The first-order valence-electron chi connectivity index (χ1n) is 7.25. The summed E-state index contributed by atoms with van der Waals surface area (Å²) in [6.45, 7) is 1.77. The van der Waals surface area contributed by atoms with E-state index in [1.807, 2.05) is 0 Å². The van der Waals surface area contributed by atoms with Gasteiger partial charge < -0.3 is 10.6 Å². The Morgan fingerprint density at radius 3 is 2.04 bits per heavy atom. The largest absolute Gasteiger partial charge is 0.332 e. The molecule has 2 aromatic carbocycles. The number of carbonyl (C=O) groups excluding carboxylic acids is 2. The molecule has 0 spiro atoms. The van der Waals surface area contributed by atoms with E-state index < -0.39 is 11.7 Å². The lowest BCUT2D eigenvalue weighted by molar-refractivity contribution is -0.115. The molecule has 0 aliphatic heterocycles. The van der Waals surface area contributed by atoms with Gasteiger partial charge in [0.25, 0.3) is 5.91 Å². The molecule has 0 radical (unpaired) electrons. The maximum Gasteiger partial charge on any atom is 0.257 e. The van der Waals surface area contributed by atoms with E-state index in [-0.39, 0.29) is 11.0 Å². The summed E-state index contributed by atoms with van der Waals surface area (Å²) < 4.78 is 12.8. The number of thiocarbonyl (C=S) groups is 1. The number of hydrogen-bond acceptors (Lipinski definition) is 3. The van der Waals surface area contributed by atoms with Crippen LogP contribution in [0.1, 0.15) is 23.7 Å². The molecule has 124 valence electrons. The zero-order valence-corrected chi connectivity index (χ0v) is 13.7. The van der Waals surface area contributed by atoms with Crippen LogP contribution >= 0.6 is 12.2 Å². The fourth-order valence-electron chi connectivity index (χ4n) is 1.83. The number of amides is 2. The summed E-state index contributed by atoms with van der Waals surface area (Å²) in [5.41, 5.74) is 1.64. The van der Waals surface area contributed by atoms with E-state index in [1.165, 1.54) is 24.3 Å². The van der Waals surface area contributed by atoms with E-state index >= 15 is 0 Å². The highest BCUT2D eigenvalue weighted by atomic mass is 32.1. The van der Waals surface area contributed by atoms with Crippen molar-refractivity contribution >= 4 is 40.5 Å². The number of anilines is 2. The molecule has 2 rings (SSSR count). The van der Waals surface area contributed by atoms with Crippen molar-refractivity contribution in [3.05, 3.63) is 59.9 Å². The van der Waals surface area contributed by atoms with Crippen LogP contribution in [0.2, 0.25) is 0 Å². The summed E-state index contributed by atoms with van der Waals surface area (Å²) in [4.78, 5) is 23.3. The molecule has 0 aliphatic rings. The normalized spacial score (nSPS) is 9.92. The Kier molecular flexibility index (Phi) is 5.97. The highest BCUT2D eigenvalue weighted by Crippen LogP contribution is 2.13. The monoisotopic (exact) mass is 345 g/mol. The van der Waals surface area contributed by atoms with E-state index in [2.05, 4.69) is 16.0 Å². The van der Waals surface area contributed by atoms with E-state index in [0.29, 0.717) is 23.4 Å². The molecule has 0 unspecified atom stereocenters. The SMILES string of the molecule is CCC(=O)Nc1ccc(NC(=S)NC(=O)c2ccc(F)cc2)cc1. The Labute approximate surface area is 144 Å². The predicted octanol–water partition coefficient (Wildman–Crippen LogP) is 3.30. The number of hydrogen-bond donors (Lipinski definition) is 3. The number of benzene rings is 2. The van der Waals surface area contributed by atoms with Crippen LogP contribution in [0.25, 0.3) is 0 Å². The topological polar surface area (TPSA) is 70.2 Å². The molecule has 2 amide bonds. The Morgan fingerprint density at radius 2 is 1.50 bits per heavy atom. The van der Waals surface area contributed by atoms with Crippen molar-refractivity contribution in [3.8, 4) is 0 Å². The third kappa shape index (κ3) is 5.13. The molecule has 3 N–H and O–H groups in total. The molecular weight excluding hydrogens is 329 g/mol. The van der Waals surface area contributed by atoms with E-state index in [1.54, 1.807) is 31.2 Å². The van der Waals surface area contributed by atoms with Crippen LogP contribution < -0.4 is 16.0 Å². The van der Waals surface area contributed by atoms with Crippen molar-refractivity contribution in [2.75, 3.05) is 10.6 Å². The molecule has 0 saturated carbocycles. The summed E-state index contributed by atoms with van der Waals surface area (Å²) in [6.07, 6.45) is 0.402. The minimum atomic E-state index is -0.431. The number of carbonyl (C=O) groups is 2. The van der Waals surface area contributed by atoms with Crippen LogP contribution in [0.5, 0.6) is 0 Å². The minimum Gasteiger partial charge on any atom is -0.332 e.